The number of hydrogen-bond donors (Lipinski definition) is 5. The number of rotatable bonds is 5. The van der Waals surface area contributed by atoms with Gasteiger partial charge in [-0.25, -0.2) is 4.79 Å². The van der Waals surface area contributed by atoms with Crippen LogP contribution < -0.4 is 5.73 Å². The van der Waals surface area contributed by atoms with Gasteiger partial charge in [0.1, 0.15) is 31.0 Å². The van der Waals surface area contributed by atoms with Gasteiger partial charge in [-0.05, 0) is 0 Å². The fourth-order valence-electron chi connectivity index (χ4n) is 1.64. The minimum Gasteiger partial charge on any atom is -0.458 e. The first-order valence-electron chi connectivity index (χ1n) is 6.24. The van der Waals surface area contributed by atoms with Crippen molar-refractivity contribution in [2.75, 3.05) is 12.4 Å². The summed E-state index contributed by atoms with van der Waals surface area (Å²) in [6, 6.07) is -0.778. The van der Waals surface area contributed by atoms with E-state index in [2.05, 4.69) is 5.73 Å². The molecule has 0 aromatic carbocycles. The van der Waals surface area contributed by atoms with Gasteiger partial charge in [0.05, 0.1) is 5.75 Å². The number of carbonyl (C=O) groups is 2. The Morgan fingerprint density at radius 3 is 2.43 bits per heavy atom. The van der Waals surface area contributed by atoms with Gasteiger partial charge < -0.3 is 35.6 Å². The lowest BCUT2D eigenvalue weighted by molar-refractivity contribution is -0.401. The summed E-state index contributed by atoms with van der Waals surface area (Å²) in [7, 11) is 0. The molecule has 7 N–H and O–H groups in total. The van der Waals surface area contributed by atoms with Crippen molar-refractivity contribution in [2.24, 2.45) is 0 Å². The normalized spacial score (nSPS) is 34.3. The summed E-state index contributed by atoms with van der Waals surface area (Å²) in [5.74, 6) is -0.540. The molecule has 0 spiro atoms. The third-order valence-corrected chi connectivity index (χ3v) is 3.87. The summed E-state index contributed by atoms with van der Waals surface area (Å²) in [6.45, 7) is 0.945. The third kappa shape index (κ3) is 5.18. The smallest absolute Gasteiger partial charge is 0.365 e. The van der Waals surface area contributed by atoms with Crippen LogP contribution >= 0.6 is 11.8 Å². The van der Waals surface area contributed by atoms with E-state index in [-0.39, 0.29) is 10.9 Å². The Bertz CT molecular complexity index is 381. The van der Waals surface area contributed by atoms with E-state index >= 15 is 0 Å². The lowest BCUT2D eigenvalue weighted by Gasteiger charge is -2.37. The van der Waals surface area contributed by atoms with Crippen molar-refractivity contribution < 1.29 is 45.2 Å². The molecule has 1 aliphatic heterocycles. The maximum atomic E-state index is 11.6. The van der Waals surface area contributed by atoms with Crippen LogP contribution in [0.1, 0.15) is 6.92 Å². The molecule has 1 heterocycles. The molecule has 6 unspecified atom stereocenters. The van der Waals surface area contributed by atoms with Crippen molar-refractivity contribution in [3.63, 3.8) is 0 Å². The van der Waals surface area contributed by atoms with Crippen LogP contribution in [-0.4, -0.2) is 80.6 Å². The number of aliphatic hydroxyl groups excluding tert-OH is 4. The second-order valence-electron chi connectivity index (χ2n) is 4.67. The van der Waals surface area contributed by atoms with Crippen LogP contribution in [0.15, 0.2) is 0 Å². The van der Waals surface area contributed by atoms with Gasteiger partial charge >= 0.3 is 5.97 Å². The fourth-order valence-corrected chi connectivity index (χ4v) is 2.21. The predicted molar refractivity (Wildman–Crippen MR) is 69.7 cm³/mol. The molecule has 1 fully saturated rings. The first-order valence-corrected chi connectivity index (χ1v) is 7.23. The van der Waals surface area contributed by atoms with Crippen molar-refractivity contribution >= 4 is 22.8 Å². The van der Waals surface area contributed by atoms with E-state index in [1.54, 1.807) is 0 Å². The first kappa shape index (κ1) is 18.3. The zero-order valence-corrected chi connectivity index (χ0v) is 12.2. The van der Waals surface area contributed by atoms with Gasteiger partial charge in [0.25, 0.3) is 0 Å². The molecule has 6 atom stereocenters. The molecular formula is C11H20NO8S+. The Labute approximate surface area is 125 Å². The quantitative estimate of drug-likeness (QED) is 0.319. The molecule has 0 aromatic rings. The van der Waals surface area contributed by atoms with Crippen molar-refractivity contribution in [2.45, 2.75) is 43.7 Å². The molecule has 0 aliphatic carbocycles. The highest BCUT2D eigenvalue weighted by Crippen LogP contribution is 2.20. The Morgan fingerprint density at radius 1 is 1.24 bits per heavy atom. The predicted octanol–water partition coefficient (Wildman–Crippen LogP) is -3.78. The van der Waals surface area contributed by atoms with Gasteiger partial charge in [-0.1, -0.05) is 11.8 Å². The highest BCUT2D eigenvalue weighted by Gasteiger charge is 2.43. The maximum Gasteiger partial charge on any atom is 0.365 e. The molecule has 1 aliphatic rings. The summed E-state index contributed by atoms with van der Waals surface area (Å²) >= 11 is 0.935. The number of aliphatic hydroxyl groups is 4. The Balaban J connectivity index is 2.43. The molecule has 122 valence electrons. The van der Waals surface area contributed by atoms with Gasteiger partial charge in [0.2, 0.25) is 0 Å². The molecule has 0 saturated carbocycles. The van der Waals surface area contributed by atoms with Crippen molar-refractivity contribution in [3.8, 4) is 0 Å². The summed E-state index contributed by atoms with van der Waals surface area (Å²) in [6.07, 6.45) is -7.61. The van der Waals surface area contributed by atoms with Crippen molar-refractivity contribution in [1.82, 2.24) is 0 Å². The second-order valence-corrected chi connectivity index (χ2v) is 5.86. The van der Waals surface area contributed by atoms with Crippen LogP contribution in [0.4, 0.5) is 0 Å². The van der Waals surface area contributed by atoms with E-state index in [4.69, 9.17) is 9.47 Å². The highest BCUT2D eigenvalue weighted by atomic mass is 32.2. The monoisotopic (exact) mass is 326 g/mol. The SMILES string of the molecule is CC(=O)SCC([NH3+])C(=O)OCC1OC(O)C(O)C(O)C1O. The summed E-state index contributed by atoms with van der Waals surface area (Å²) in [4.78, 5) is 22.4. The van der Waals surface area contributed by atoms with Gasteiger partial charge in [-0.2, -0.15) is 0 Å². The van der Waals surface area contributed by atoms with E-state index in [0.717, 1.165) is 11.8 Å². The Kier molecular flexibility index (Phi) is 7.00. The second kappa shape index (κ2) is 8.03. The summed E-state index contributed by atoms with van der Waals surface area (Å²) < 4.78 is 9.71. The van der Waals surface area contributed by atoms with Crippen molar-refractivity contribution in [3.05, 3.63) is 0 Å². The summed E-state index contributed by atoms with van der Waals surface area (Å²) in [5, 5.41) is 37.6. The molecular weight excluding hydrogens is 306 g/mol. The zero-order valence-electron chi connectivity index (χ0n) is 11.4. The van der Waals surface area contributed by atoms with E-state index in [0.29, 0.717) is 0 Å². The van der Waals surface area contributed by atoms with Gasteiger partial charge in [-0.3, -0.25) is 4.79 Å². The zero-order chi connectivity index (χ0) is 16.2. The average molecular weight is 326 g/mol. The van der Waals surface area contributed by atoms with Crippen LogP contribution in [0.3, 0.4) is 0 Å². The number of thioether (sulfide) groups is 1. The van der Waals surface area contributed by atoms with Gasteiger partial charge in [0, 0.05) is 6.92 Å². The summed E-state index contributed by atoms with van der Waals surface area (Å²) in [5.41, 5.74) is 3.54. The van der Waals surface area contributed by atoms with E-state index in [1.807, 2.05) is 0 Å². The van der Waals surface area contributed by atoms with Crippen LogP contribution in [0, 0.1) is 0 Å². The molecule has 1 rings (SSSR count). The molecule has 0 amide bonds. The molecule has 21 heavy (non-hydrogen) atoms. The van der Waals surface area contributed by atoms with E-state index in [9.17, 15) is 30.0 Å². The van der Waals surface area contributed by atoms with E-state index in [1.165, 1.54) is 6.92 Å². The van der Waals surface area contributed by atoms with Crippen LogP contribution in [0.5, 0.6) is 0 Å². The number of quaternary nitrogens is 1. The van der Waals surface area contributed by atoms with E-state index < -0.39 is 49.3 Å². The molecule has 9 nitrogen and oxygen atoms in total. The van der Waals surface area contributed by atoms with Crippen LogP contribution in [-0.2, 0) is 19.1 Å². The Hall–Kier alpha value is -0.750. The first-order chi connectivity index (χ1) is 9.73. The topological polar surface area (TPSA) is 161 Å². The standard InChI is InChI=1S/C11H19NO8S/c1-4(13)21-3-5(12)10(17)19-2-6-7(14)8(15)9(16)11(18)20-6/h5-9,11,14-16,18H,2-3,12H2,1H3/p+1. The fraction of sp³-hybridized carbons (Fsp3) is 0.818. The molecule has 0 radical (unpaired) electrons. The Morgan fingerprint density at radius 2 is 1.86 bits per heavy atom. The largest absolute Gasteiger partial charge is 0.458 e. The van der Waals surface area contributed by atoms with Gasteiger partial charge in [0.15, 0.2) is 17.4 Å². The van der Waals surface area contributed by atoms with Crippen molar-refractivity contribution in [1.29, 1.82) is 0 Å². The number of ether oxygens (including phenoxy) is 2. The number of carbonyl (C=O) groups excluding carboxylic acids is 2. The lowest BCUT2D eigenvalue weighted by atomic mass is 9.99. The average Bonchev–Trinajstić information content (AvgIpc) is 2.44. The molecule has 1 saturated heterocycles. The lowest BCUT2D eigenvalue weighted by Crippen LogP contribution is -2.67. The molecule has 0 aromatic heterocycles. The highest BCUT2D eigenvalue weighted by molar-refractivity contribution is 8.13. The molecule has 0 bridgehead atoms. The van der Waals surface area contributed by atoms with Crippen LogP contribution in [0.2, 0.25) is 0 Å². The molecule has 10 heteroatoms. The number of esters is 1. The third-order valence-electron chi connectivity index (χ3n) is 2.90. The minimum absolute atomic E-state index is 0.150. The minimum atomic E-state index is -1.68. The number of hydrogen-bond acceptors (Lipinski definition) is 9. The maximum absolute atomic E-state index is 11.6. The van der Waals surface area contributed by atoms with Gasteiger partial charge in [-0.15, -0.1) is 0 Å². The van der Waals surface area contributed by atoms with Crippen LogP contribution in [0.25, 0.3) is 0 Å².